The van der Waals surface area contributed by atoms with E-state index in [0.717, 1.165) is 12.8 Å². The molecule has 2 fully saturated rings. The number of carbonyl (C=O) groups excluding carboxylic acids is 2. The first-order valence-corrected chi connectivity index (χ1v) is 9.52. The Hall–Kier alpha value is -2.47. The number of anilines is 1. The summed E-state index contributed by atoms with van der Waals surface area (Å²) < 4.78 is 27.3. The molecule has 146 valence electrons. The van der Waals surface area contributed by atoms with Crippen molar-refractivity contribution in [2.24, 2.45) is 0 Å². The molecule has 0 spiro atoms. The zero-order valence-corrected chi connectivity index (χ0v) is 15.7. The van der Waals surface area contributed by atoms with E-state index in [9.17, 15) is 18.4 Å². The van der Waals surface area contributed by atoms with Gasteiger partial charge in [-0.2, -0.15) is 0 Å². The standard InChI is InChI=1S/C21H19ClF2N2O2/c22-15-3-1-2-13(10-15)18(27)25-16-6-4-14(5-7-16)20(11-21(23,24)12-20)19(28)26-17-8-9-17/h1-7,10,17H,8-9,11-12H2,(H,25,27)(H,26,28). The van der Waals surface area contributed by atoms with E-state index in [0.29, 0.717) is 21.8 Å². The Morgan fingerprint density at radius 1 is 1.04 bits per heavy atom. The van der Waals surface area contributed by atoms with E-state index >= 15 is 0 Å². The molecular weight excluding hydrogens is 386 g/mol. The summed E-state index contributed by atoms with van der Waals surface area (Å²) in [6.45, 7) is 0. The summed E-state index contributed by atoms with van der Waals surface area (Å²) in [5, 5.41) is 6.05. The molecule has 0 heterocycles. The molecule has 0 aromatic heterocycles. The number of nitrogens with one attached hydrogen (secondary N) is 2. The predicted octanol–water partition coefficient (Wildman–Crippen LogP) is 4.54. The van der Waals surface area contributed by atoms with Crippen LogP contribution in [-0.4, -0.2) is 23.8 Å². The van der Waals surface area contributed by atoms with Gasteiger partial charge in [0.1, 0.15) is 0 Å². The van der Waals surface area contributed by atoms with Crippen LogP contribution in [0.2, 0.25) is 5.02 Å². The van der Waals surface area contributed by atoms with Gasteiger partial charge in [0, 0.05) is 35.2 Å². The van der Waals surface area contributed by atoms with E-state index in [1.807, 2.05) is 0 Å². The van der Waals surface area contributed by atoms with Crippen molar-refractivity contribution in [3.63, 3.8) is 0 Å². The average Bonchev–Trinajstić information content (AvgIpc) is 3.44. The Kier molecular flexibility index (Phi) is 4.62. The molecule has 0 unspecified atom stereocenters. The monoisotopic (exact) mass is 404 g/mol. The highest BCUT2D eigenvalue weighted by molar-refractivity contribution is 6.31. The summed E-state index contributed by atoms with van der Waals surface area (Å²) in [4.78, 5) is 24.9. The third-order valence-electron chi connectivity index (χ3n) is 5.25. The SMILES string of the molecule is O=C(Nc1ccc(C2(C(=O)NC3CC3)CC(F)(F)C2)cc1)c1cccc(Cl)c1. The third kappa shape index (κ3) is 3.74. The van der Waals surface area contributed by atoms with Gasteiger partial charge in [0.05, 0.1) is 5.41 Å². The van der Waals surface area contributed by atoms with Gasteiger partial charge in [-0.05, 0) is 48.7 Å². The Morgan fingerprint density at radius 3 is 2.29 bits per heavy atom. The highest BCUT2D eigenvalue weighted by Crippen LogP contribution is 2.54. The molecule has 2 aliphatic carbocycles. The van der Waals surface area contributed by atoms with E-state index in [1.54, 1.807) is 48.5 Å². The zero-order chi connectivity index (χ0) is 19.9. The summed E-state index contributed by atoms with van der Waals surface area (Å²) in [6, 6.07) is 13.2. The maximum absolute atomic E-state index is 13.7. The largest absolute Gasteiger partial charge is 0.353 e. The van der Waals surface area contributed by atoms with Gasteiger partial charge in [-0.3, -0.25) is 9.59 Å². The summed E-state index contributed by atoms with van der Waals surface area (Å²) in [7, 11) is 0. The molecule has 2 amide bonds. The molecule has 2 aromatic rings. The fourth-order valence-corrected chi connectivity index (χ4v) is 3.77. The second kappa shape index (κ2) is 6.85. The topological polar surface area (TPSA) is 58.2 Å². The van der Waals surface area contributed by atoms with Crippen LogP contribution >= 0.6 is 11.6 Å². The first kappa shape index (κ1) is 18.9. The molecule has 0 aliphatic heterocycles. The van der Waals surface area contributed by atoms with Crippen LogP contribution in [0.25, 0.3) is 0 Å². The van der Waals surface area contributed by atoms with Gasteiger partial charge in [0.25, 0.3) is 11.8 Å². The maximum atomic E-state index is 13.7. The van der Waals surface area contributed by atoms with Gasteiger partial charge in [-0.25, -0.2) is 8.78 Å². The average molecular weight is 405 g/mol. The summed E-state index contributed by atoms with van der Waals surface area (Å²) in [5.41, 5.74) is 0.257. The lowest BCUT2D eigenvalue weighted by Crippen LogP contribution is -2.58. The molecule has 4 rings (SSSR count). The predicted molar refractivity (Wildman–Crippen MR) is 103 cm³/mol. The minimum Gasteiger partial charge on any atom is -0.353 e. The van der Waals surface area contributed by atoms with Crippen LogP contribution in [0, 0.1) is 0 Å². The molecule has 2 aromatic carbocycles. The lowest BCUT2D eigenvalue weighted by molar-refractivity contribution is -0.159. The zero-order valence-electron chi connectivity index (χ0n) is 15.0. The normalized spacial score (nSPS) is 19.4. The molecule has 2 saturated carbocycles. The van der Waals surface area contributed by atoms with Crippen LogP contribution in [-0.2, 0) is 10.2 Å². The quantitative estimate of drug-likeness (QED) is 0.768. The molecule has 0 atom stereocenters. The van der Waals surface area contributed by atoms with Crippen LogP contribution in [0.1, 0.15) is 41.6 Å². The van der Waals surface area contributed by atoms with E-state index in [1.165, 1.54) is 0 Å². The van der Waals surface area contributed by atoms with Crippen LogP contribution in [0.15, 0.2) is 48.5 Å². The van der Waals surface area contributed by atoms with Crippen molar-refractivity contribution in [1.82, 2.24) is 5.32 Å². The lowest BCUT2D eigenvalue weighted by Gasteiger charge is -2.46. The smallest absolute Gasteiger partial charge is 0.255 e. The number of hydrogen-bond donors (Lipinski definition) is 2. The van der Waals surface area contributed by atoms with Gasteiger partial charge in [0.15, 0.2) is 0 Å². The van der Waals surface area contributed by atoms with Gasteiger partial charge in [-0.1, -0.05) is 29.8 Å². The molecule has 2 N–H and O–H groups in total. The van der Waals surface area contributed by atoms with E-state index in [-0.39, 0.29) is 17.9 Å². The van der Waals surface area contributed by atoms with Crippen molar-refractivity contribution in [2.75, 3.05) is 5.32 Å². The molecule has 0 bridgehead atoms. The summed E-state index contributed by atoms with van der Waals surface area (Å²) in [5.74, 6) is -3.50. The number of hydrogen-bond acceptors (Lipinski definition) is 2. The van der Waals surface area contributed by atoms with Crippen molar-refractivity contribution < 1.29 is 18.4 Å². The van der Waals surface area contributed by atoms with Crippen LogP contribution in [0.4, 0.5) is 14.5 Å². The van der Waals surface area contributed by atoms with Crippen molar-refractivity contribution in [1.29, 1.82) is 0 Å². The van der Waals surface area contributed by atoms with E-state index < -0.39 is 24.2 Å². The van der Waals surface area contributed by atoms with Crippen LogP contribution in [0.3, 0.4) is 0 Å². The molecule has 0 saturated heterocycles. The maximum Gasteiger partial charge on any atom is 0.255 e. The molecule has 2 aliphatic rings. The molecule has 7 heteroatoms. The van der Waals surface area contributed by atoms with Crippen molar-refractivity contribution in [2.45, 2.75) is 43.1 Å². The number of amides is 2. The number of carbonyl (C=O) groups is 2. The van der Waals surface area contributed by atoms with Gasteiger partial charge in [-0.15, -0.1) is 0 Å². The molecule has 4 nitrogen and oxygen atoms in total. The van der Waals surface area contributed by atoms with Gasteiger partial charge >= 0.3 is 0 Å². The van der Waals surface area contributed by atoms with E-state index in [4.69, 9.17) is 11.6 Å². The highest BCUT2D eigenvalue weighted by atomic mass is 35.5. The Labute approximate surface area is 166 Å². The Morgan fingerprint density at radius 2 is 1.71 bits per heavy atom. The van der Waals surface area contributed by atoms with Gasteiger partial charge < -0.3 is 10.6 Å². The van der Waals surface area contributed by atoms with Gasteiger partial charge in [0.2, 0.25) is 5.91 Å². The Bertz CT molecular complexity index is 918. The van der Waals surface area contributed by atoms with Crippen molar-refractivity contribution in [3.05, 3.63) is 64.7 Å². The number of alkyl halides is 2. The van der Waals surface area contributed by atoms with Crippen molar-refractivity contribution >= 4 is 29.1 Å². The first-order valence-electron chi connectivity index (χ1n) is 9.14. The Balaban J connectivity index is 1.51. The second-order valence-corrected chi connectivity index (χ2v) is 8.02. The number of rotatable bonds is 5. The highest BCUT2D eigenvalue weighted by Gasteiger charge is 2.61. The van der Waals surface area contributed by atoms with Crippen molar-refractivity contribution in [3.8, 4) is 0 Å². The fourth-order valence-electron chi connectivity index (χ4n) is 3.58. The molecule has 0 radical (unpaired) electrons. The number of halogens is 3. The summed E-state index contributed by atoms with van der Waals surface area (Å²) >= 11 is 5.90. The third-order valence-corrected chi connectivity index (χ3v) is 5.49. The van der Waals surface area contributed by atoms with Crippen LogP contribution in [0.5, 0.6) is 0 Å². The minimum absolute atomic E-state index is 0.106. The number of benzene rings is 2. The molecular formula is C21H19ClF2N2O2. The van der Waals surface area contributed by atoms with Crippen LogP contribution < -0.4 is 10.6 Å². The first-order chi connectivity index (χ1) is 13.3. The van der Waals surface area contributed by atoms with E-state index in [2.05, 4.69) is 10.6 Å². The second-order valence-electron chi connectivity index (χ2n) is 7.58. The summed E-state index contributed by atoms with van der Waals surface area (Å²) in [6.07, 6.45) is 0.804. The fraction of sp³-hybridized carbons (Fsp3) is 0.333. The molecule has 28 heavy (non-hydrogen) atoms. The minimum atomic E-state index is -2.83. The lowest BCUT2D eigenvalue weighted by atomic mass is 9.61.